The zero-order valence-corrected chi connectivity index (χ0v) is 16.4. The molecule has 2 aromatic carbocycles. The van der Waals surface area contributed by atoms with E-state index in [1.165, 1.54) is 33.0 Å². The Kier molecular flexibility index (Phi) is 7.14. The summed E-state index contributed by atoms with van der Waals surface area (Å²) in [6.45, 7) is 3.09. The molecule has 0 aliphatic heterocycles. The van der Waals surface area contributed by atoms with Crippen molar-refractivity contribution >= 4 is 29.0 Å². The maximum absolute atomic E-state index is 12.3. The van der Waals surface area contributed by atoms with Crippen molar-refractivity contribution in [3.8, 4) is 11.5 Å². The Morgan fingerprint density at radius 2 is 1.64 bits per heavy atom. The molecule has 0 radical (unpaired) electrons. The van der Waals surface area contributed by atoms with Gasteiger partial charge < -0.3 is 19.7 Å². The van der Waals surface area contributed by atoms with Crippen molar-refractivity contribution in [2.75, 3.05) is 31.0 Å². The van der Waals surface area contributed by atoms with Crippen molar-refractivity contribution < 1.29 is 23.9 Å². The topological polar surface area (TPSA) is 84.9 Å². The van der Waals surface area contributed by atoms with Gasteiger partial charge in [0.05, 0.1) is 19.9 Å². The Morgan fingerprint density at radius 1 is 0.964 bits per heavy atom. The molecule has 2 aromatic rings. The molecule has 1 N–H and O–H groups in total. The molecule has 0 saturated carbocycles. The Bertz CT molecular complexity index is 862. The second-order valence-electron chi connectivity index (χ2n) is 6.14. The number of ether oxygens (including phenoxy) is 2. The molecule has 2 amide bonds. The SMILES string of the molecule is COc1ccc(OC)c(N(CCC(=O)Nc2ccc(C(C)=O)cc2)C(C)=O)c1. The molecule has 0 unspecified atom stereocenters. The standard InChI is InChI=1S/C21H24N2O5/c1-14(24)16-5-7-17(8-6-16)22-21(26)11-12-23(15(2)25)19-13-18(27-3)9-10-20(19)28-4/h5-10,13H,11-12H2,1-4H3,(H,22,26). The van der Waals surface area contributed by atoms with Crippen LogP contribution in [-0.2, 0) is 9.59 Å². The second kappa shape index (κ2) is 9.55. The number of ketones is 1. The van der Waals surface area contributed by atoms with Gasteiger partial charge >= 0.3 is 0 Å². The number of benzene rings is 2. The number of amides is 2. The third-order valence-electron chi connectivity index (χ3n) is 4.19. The van der Waals surface area contributed by atoms with Gasteiger partial charge in [-0.25, -0.2) is 0 Å². The molecule has 0 atom stereocenters. The first-order chi connectivity index (χ1) is 13.3. The highest BCUT2D eigenvalue weighted by atomic mass is 16.5. The normalized spacial score (nSPS) is 10.1. The van der Waals surface area contributed by atoms with Crippen LogP contribution in [0.1, 0.15) is 30.6 Å². The van der Waals surface area contributed by atoms with Crippen LogP contribution >= 0.6 is 0 Å². The summed E-state index contributed by atoms with van der Waals surface area (Å²) < 4.78 is 10.5. The molecule has 0 fully saturated rings. The molecule has 7 nitrogen and oxygen atoms in total. The number of anilines is 2. The first kappa shape index (κ1) is 21.0. The van der Waals surface area contributed by atoms with Gasteiger partial charge in [0.25, 0.3) is 0 Å². The lowest BCUT2D eigenvalue weighted by Crippen LogP contribution is -2.32. The number of hydrogen-bond acceptors (Lipinski definition) is 5. The van der Waals surface area contributed by atoms with Gasteiger partial charge in [0.2, 0.25) is 11.8 Å². The van der Waals surface area contributed by atoms with Crippen LogP contribution in [0.5, 0.6) is 11.5 Å². The Labute approximate surface area is 164 Å². The minimum absolute atomic E-state index is 0.0396. The number of rotatable bonds is 8. The van der Waals surface area contributed by atoms with Crippen LogP contribution in [0.3, 0.4) is 0 Å². The molecular formula is C21H24N2O5. The molecule has 28 heavy (non-hydrogen) atoms. The van der Waals surface area contributed by atoms with Gasteiger partial charge in [-0.1, -0.05) is 0 Å². The predicted octanol–water partition coefficient (Wildman–Crippen LogP) is 3.29. The number of carbonyl (C=O) groups is 3. The summed E-state index contributed by atoms with van der Waals surface area (Å²) in [5, 5.41) is 2.76. The summed E-state index contributed by atoms with van der Waals surface area (Å²) in [5.41, 5.74) is 1.70. The fraction of sp³-hybridized carbons (Fsp3) is 0.286. The molecule has 0 saturated heterocycles. The molecule has 0 heterocycles. The van der Waals surface area contributed by atoms with Crippen LogP contribution in [-0.4, -0.2) is 38.4 Å². The van der Waals surface area contributed by atoms with Crippen molar-refractivity contribution in [2.24, 2.45) is 0 Å². The van der Waals surface area contributed by atoms with Crippen LogP contribution in [0.2, 0.25) is 0 Å². The fourth-order valence-corrected chi connectivity index (χ4v) is 2.68. The van der Waals surface area contributed by atoms with Crippen molar-refractivity contribution in [1.29, 1.82) is 0 Å². The van der Waals surface area contributed by atoms with Crippen LogP contribution in [0.15, 0.2) is 42.5 Å². The van der Waals surface area contributed by atoms with Crippen LogP contribution in [0, 0.1) is 0 Å². The van der Waals surface area contributed by atoms with E-state index >= 15 is 0 Å². The van der Waals surface area contributed by atoms with E-state index in [0.717, 1.165) is 0 Å². The molecular weight excluding hydrogens is 360 g/mol. The summed E-state index contributed by atoms with van der Waals surface area (Å²) in [6.07, 6.45) is 0.0917. The van der Waals surface area contributed by atoms with E-state index in [1.807, 2.05) is 0 Å². The monoisotopic (exact) mass is 384 g/mol. The van der Waals surface area contributed by atoms with E-state index in [0.29, 0.717) is 28.4 Å². The average molecular weight is 384 g/mol. The molecule has 0 aliphatic carbocycles. The lowest BCUT2D eigenvalue weighted by atomic mass is 10.1. The van der Waals surface area contributed by atoms with Gasteiger partial charge in [-0.15, -0.1) is 0 Å². The summed E-state index contributed by atoms with van der Waals surface area (Å²) >= 11 is 0. The maximum atomic E-state index is 12.3. The first-order valence-corrected chi connectivity index (χ1v) is 8.76. The van der Waals surface area contributed by atoms with Crippen LogP contribution in [0.4, 0.5) is 11.4 Å². The largest absolute Gasteiger partial charge is 0.497 e. The third-order valence-corrected chi connectivity index (χ3v) is 4.19. The Balaban J connectivity index is 2.08. The molecule has 148 valence electrons. The average Bonchev–Trinajstić information content (AvgIpc) is 2.68. The Hall–Kier alpha value is -3.35. The molecule has 0 aromatic heterocycles. The minimum Gasteiger partial charge on any atom is -0.497 e. The van der Waals surface area contributed by atoms with Gasteiger partial charge in [0, 0.05) is 37.2 Å². The van der Waals surface area contributed by atoms with Crippen molar-refractivity contribution in [2.45, 2.75) is 20.3 Å². The van der Waals surface area contributed by atoms with E-state index in [1.54, 1.807) is 42.5 Å². The maximum Gasteiger partial charge on any atom is 0.226 e. The highest BCUT2D eigenvalue weighted by Crippen LogP contribution is 2.32. The predicted molar refractivity (Wildman–Crippen MR) is 107 cm³/mol. The van der Waals surface area contributed by atoms with Crippen LogP contribution < -0.4 is 19.7 Å². The first-order valence-electron chi connectivity index (χ1n) is 8.76. The Morgan fingerprint density at radius 3 is 2.18 bits per heavy atom. The molecule has 7 heteroatoms. The van der Waals surface area contributed by atoms with Gasteiger partial charge in [0.15, 0.2) is 5.78 Å². The third kappa shape index (κ3) is 5.33. The van der Waals surface area contributed by atoms with Crippen molar-refractivity contribution in [3.63, 3.8) is 0 Å². The number of methoxy groups -OCH3 is 2. The van der Waals surface area contributed by atoms with E-state index in [2.05, 4.69) is 5.32 Å². The highest BCUT2D eigenvalue weighted by molar-refractivity contribution is 5.97. The van der Waals surface area contributed by atoms with E-state index in [4.69, 9.17) is 9.47 Å². The van der Waals surface area contributed by atoms with E-state index in [-0.39, 0.29) is 30.6 Å². The van der Waals surface area contributed by atoms with Crippen LogP contribution in [0.25, 0.3) is 0 Å². The number of carbonyl (C=O) groups excluding carboxylic acids is 3. The summed E-state index contributed by atoms with van der Waals surface area (Å²) in [5.74, 6) is 0.587. The highest BCUT2D eigenvalue weighted by Gasteiger charge is 2.18. The quantitative estimate of drug-likeness (QED) is 0.706. The van der Waals surface area contributed by atoms with Crippen molar-refractivity contribution in [1.82, 2.24) is 0 Å². The number of nitrogens with zero attached hydrogens (tertiary/aromatic N) is 1. The molecule has 0 aliphatic rings. The van der Waals surface area contributed by atoms with Crippen molar-refractivity contribution in [3.05, 3.63) is 48.0 Å². The summed E-state index contributed by atoms with van der Waals surface area (Å²) in [4.78, 5) is 37.2. The lowest BCUT2D eigenvalue weighted by molar-refractivity contribution is -0.117. The summed E-state index contributed by atoms with van der Waals surface area (Å²) in [7, 11) is 3.05. The summed E-state index contributed by atoms with van der Waals surface area (Å²) in [6, 6.07) is 11.8. The van der Waals surface area contributed by atoms with Gasteiger partial charge in [0.1, 0.15) is 11.5 Å². The smallest absolute Gasteiger partial charge is 0.226 e. The van der Waals surface area contributed by atoms with Gasteiger partial charge in [-0.2, -0.15) is 0 Å². The molecule has 0 bridgehead atoms. The number of hydrogen-bond donors (Lipinski definition) is 1. The zero-order chi connectivity index (χ0) is 20.7. The minimum atomic E-state index is -0.247. The molecule has 2 rings (SSSR count). The second-order valence-corrected chi connectivity index (χ2v) is 6.14. The van der Waals surface area contributed by atoms with E-state index < -0.39 is 0 Å². The number of Topliss-reactive ketones (excluding diaryl/α,β-unsaturated/α-hetero) is 1. The molecule has 0 spiro atoms. The fourth-order valence-electron chi connectivity index (χ4n) is 2.68. The van der Waals surface area contributed by atoms with Gasteiger partial charge in [-0.3, -0.25) is 14.4 Å². The van der Waals surface area contributed by atoms with E-state index in [9.17, 15) is 14.4 Å². The lowest BCUT2D eigenvalue weighted by Gasteiger charge is -2.23. The number of nitrogens with one attached hydrogen (secondary N) is 1. The zero-order valence-electron chi connectivity index (χ0n) is 16.4. The van der Waals surface area contributed by atoms with Gasteiger partial charge in [-0.05, 0) is 43.3 Å².